The summed E-state index contributed by atoms with van der Waals surface area (Å²) in [6.07, 6.45) is -7.86. The number of alkyl halides is 6. The number of rotatable bonds is 7. The number of hydrazine groups is 1. The molecule has 0 spiro atoms. The van der Waals surface area contributed by atoms with Crippen LogP contribution < -0.4 is 5.43 Å². The minimum Gasteiger partial charge on any atom is -0.379 e. The molecule has 2 saturated heterocycles. The number of amides is 1. The van der Waals surface area contributed by atoms with Crippen LogP contribution in [0, 0.1) is 0 Å². The first-order valence-corrected chi connectivity index (χ1v) is 13.4. The van der Waals surface area contributed by atoms with Gasteiger partial charge in [-0.05, 0) is 36.2 Å². The highest BCUT2D eigenvalue weighted by Crippen LogP contribution is 2.37. The molecule has 2 aromatic carbocycles. The first kappa shape index (κ1) is 29.4. The van der Waals surface area contributed by atoms with E-state index in [1.807, 2.05) is 30.5 Å². The number of carbonyl (C=O) groups excluding carboxylic acids is 1. The minimum absolute atomic E-state index is 0.0413. The molecule has 1 unspecified atom stereocenters. The SMILES string of the molecule is O=C(c1cc(C(F)(F)F)cc(C(F)(F)F)c1)N1CCN(CCNN2CCOCC2)CC1Cc1c[nH]c2ccccc12. The van der Waals surface area contributed by atoms with E-state index in [9.17, 15) is 31.1 Å². The Hall–Kier alpha value is -3.13. The van der Waals surface area contributed by atoms with Crippen LogP contribution in [-0.4, -0.2) is 90.8 Å². The quantitative estimate of drug-likeness (QED) is 0.404. The van der Waals surface area contributed by atoms with E-state index in [0.29, 0.717) is 57.9 Å². The van der Waals surface area contributed by atoms with E-state index in [-0.39, 0.29) is 12.6 Å². The first-order valence-electron chi connectivity index (χ1n) is 13.4. The normalized spacial score (nSPS) is 19.7. The Balaban J connectivity index is 1.39. The molecule has 1 amide bonds. The van der Waals surface area contributed by atoms with Gasteiger partial charge >= 0.3 is 12.4 Å². The van der Waals surface area contributed by atoms with Crippen LogP contribution in [0.4, 0.5) is 26.3 Å². The number of piperazine rings is 1. The number of hydrogen-bond acceptors (Lipinski definition) is 5. The van der Waals surface area contributed by atoms with Gasteiger partial charge in [-0.2, -0.15) is 26.3 Å². The van der Waals surface area contributed by atoms with Crippen molar-refractivity contribution in [1.29, 1.82) is 0 Å². The molecule has 0 bridgehead atoms. The molecule has 2 aliphatic heterocycles. The van der Waals surface area contributed by atoms with Gasteiger partial charge in [0.1, 0.15) is 0 Å². The van der Waals surface area contributed by atoms with Crippen molar-refractivity contribution in [2.24, 2.45) is 0 Å². The van der Waals surface area contributed by atoms with Gasteiger partial charge in [0.25, 0.3) is 5.91 Å². The zero-order chi connectivity index (χ0) is 29.2. The van der Waals surface area contributed by atoms with Crippen molar-refractivity contribution < 1.29 is 35.9 Å². The Kier molecular flexibility index (Phi) is 8.60. The second-order valence-corrected chi connectivity index (χ2v) is 10.3. The molecular formula is C28H31F6N5O2. The van der Waals surface area contributed by atoms with Gasteiger partial charge in [-0.25, -0.2) is 5.01 Å². The molecule has 222 valence electrons. The summed E-state index contributed by atoms with van der Waals surface area (Å²) >= 11 is 0. The molecule has 41 heavy (non-hydrogen) atoms. The summed E-state index contributed by atoms with van der Waals surface area (Å²) in [5.41, 5.74) is 1.55. The monoisotopic (exact) mass is 583 g/mol. The van der Waals surface area contributed by atoms with E-state index in [2.05, 4.69) is 20.3 Å². The Morgan fingerprint density at radius 1 is 0.951 bits per heavy atom. The van der Waals surface area contributed by atoms with E-state index >= 15 is 0 Å². The van der Waals surface area contributed by atoms with Crippen LogP contribution in [0.2, 0.25) is 0 Å². The maximum Gasteiger partial charge on any atom is 0.416 e. The van der Waals surface area contributed by atoms with Crippen LogP contribution in [0.5, 0.6) is 0 Å². The predicted molar refractivity (Wildman–Crippen MR) is 140 cm³/mol. The number of nitrogens with zero attached hydrogens (tertiary/aromatic N) is 3. The topological polar surface area (TPSA) is 63.8 Å². The van der Waals surface area contributed by atoms with E-state index in [0.717, 1.165) is 29.6 Å². The van der Waals surface area contributed by atoms with Crippen molar-refractivity contribution in [2.75, 3.05) is 59.0 Å². The minimum atomic E-state index is -5.04. The van der Waals surface area contributed by atoms with Gasteiger partial charge in [-0.1, -0.05) is 18.2 Å². The Labute approximate surface area is 233 Å². The molecule has 1 atom stereocenters. The molecule has 0 aliphatic carbocycles. The standard InChI is InChI=1S/C28H31F6N5O2/c29-27(30,31)21-13-19(14-22(16-21)28(32,33)34)26(40)39-8-7-37(6-5-36-38-9-11-41-12-10-38)18-23(39)15-20-17-35-25-4-2-1-3-24(20)25/h1-4,13-14,16-17,23,35-36H,5-12,15,18H2. The van der Waals surface area contributed by atoms with Crippen molar-refractivity contribution in [3.63, 3.8) is 0 Å². The summed E-state index contributed by atoms with van der Waals surface area (Å²) in [6, 6.07) is 8.21. The molecular weight excluding hydrogens is 552 g/mol. The number of aromatic nitrogens is 1. The Bertz CT molecular complexity index is 1320. The molecule has 3 aromatic rings. The fraction of sp³-hybridized carbons (Fsp3) is 0.464. The Morgan fingerprint density at radius 2 is 1.63 bits per heavy atom. The fourth-order valence-corrected chi connectivity index (χ4v) is 5.45. The molecule has 3 heterocycles. The van der Waals surface area contributed by atoms with Crippen LogP contribution in [0.3, 0.4) is 0 Å². The predicted octanol–water partition coefficient (Wildman–Crippen LogP) is 4.41. The number of hydrogen-bond donors (Lipinski definition) is 2. The average Bonchev–Trinajstić information content (AvgIpc) is 3.35. The first-order chi connectivity index (χ1) is 19.5. The van der Waals surface area contributed by atoms with Gasteiger partial charge in [0.2, 0.25) is 0 Å². The van der Waals surface area contributed by atoms with Crippen LogP contribution in [0.15, 0.2) is 48.7 Å². The number of nitrogens with one attached hydrogen (secondary N) is 2. The van der Waals surface area contributed by atoms with Crippen LogP contribution in [0.1, 0.15) is 27.0 Å². The lowest BCUT2D eigenvalue weighted by molar-refractivity contribution is -0.143. The second kappa shape index (κ2) is 12.0. The van der Waals surface area contributed by atoms with Crippen molar-refractivity contribution in [3.8, 4) is 0 Å². The summed E-state index contributed by atoms with van der Waals surface area (Å²) in [6.45, 7) is 5.15. The number of morpholine rings is 1. The van der Waals surface area contributed by atoms with Gasteiger partial charge in [0.15, 0.2) is 0 Å². The molecule has 2 N–H and O–H groups in total. The smallest absolute Gasteiger partial charge is 0.379 e. The third-order valence-corrected chi connectivity index (χ3v) is 7.57. The van der Waals surface area contributed by atoms with Crippen LogP contribution in [-0.2, 0) is 23.5 Å². The summed E-state index contributed by atoms with van der Waals surface area (Å²) in [5.74, 6) is -0.850. The lowest BCUT2D eigenvalue weighted by Crippen LogP contribution is -2.57. The molecule has 0 saturated carbocycles. The summed E-state index contributed by atoms with van der Waals surface area (Å²) in [4.78, 5) is 20.4. The van der Waals surface area contributed by atoms with Gasteiger partial charge < -0.3 is 14.6 Å². The maximum atomic E-state index is 13.6. The van der Waals surface area contributed by atoms with E-state index in [1.54, 1.807) is 0 Å². The summed E-state index contributed by atoms with van der Waals surface area (Å²) in [7, 11) is 0. The van der Waals surface area contributed by atoms with Crippen molar-refractivity contribution in [3.05, 3.63) is 70.9 Å². The fourth-order valence-electron chi connectivity index (χ4n) is 5.45. The molecule has 13 heteroatoms. The van der Waals surface area contributed by atoms with E-state index in [1.165, 1.54) is 4.90 Å². The number of fused-ring (bicyclic) bond motifs is 1. The third kappa shape index (κ3) is 7.03. The van der Waals surface area contributed by atoms with Gasteiger partial charge in [-0.15, -0.1) is 0 Å². The number of carbonyl (C=O) groups is 1. The van der Waals surface area contributed by atoms with Gasteiger partial charge in [0.05, 0.1) is 24.3 Å². The maximum absolute atomic E-state index is 13.6. The van der Waals surface area contributed by atoms with Crippen molar-refractivity contribution in [1.82, 2.24) is 25.2 Å². The Morgan fingerprint density at radius 3 is 2.32 bits per heavy atom. The third-order valence-electron chi connectivity index (χ3n) is 7.57. The number of ether oxygens (including phenoxy) is 1. The van der Waals surface area contributed by atoms with Crippen LogP contribution >= 0.6 is 0 Å². The van der Waals surface area contributed by atoms with E-state index in [4.69, 9.17) is 4.74 Å². The lowest BCUT2D eigenvalue weighted by atomic mass is 9.98. The number of aromatic amines is 1. The molecule has 0 radical (unpaired) electrons. The molecule has 7 nitrogen and oxygen atoms in total. The van der Waals surface area contributed by atoms with Gasteiger partial charge in [0, 0.05) is 74.5 Å². The average molecular weight is 584 g/mol. The van der Waals surface area contributed by atoms with Crippen molar-refractivity contribution in [2.45, 2.75) is 24.8 Å². The number of halogens is 6. The van der Waals surface area contributed by atoms with Gasteiger partial charge in [-0.3, -0.25) is 15.1 Å². The highest BCUT2D eigenvalue weighted by molar-refractivity contribution is 5.95. The molecule has 2 fully saturated rings. The molecule has 2 aliphatic rings. The van der Waals surface area contributed by atoms with Crippen molar-refractivity contribution >= 4 is 16.8 Å². The number of H-pyrrole nitrogens is 1. The zero-order valence-corrected chi connectivity index (χ0v) is 22.2. The second-order valence-electron chi connectivity index (χ2n) is 10.3. The number of benzene rings is 2. The van der Waals surface area contributed by atoms with E-state index < -0.39 is 41.0 Å². The summed E-state index contributed by atoms with van der Waals surface area (Å²) in [5, 5.41) is 3.03. The zero-order valence-electron chi connectivity index (χ0n) is 22.2. The van der Waals surface area contributed by atoms with Crippen LogP contribution in [0.25, 0.3) is 10.9 Å². The molecule has 1 aromatic heterocycles. The molecule has 5 rings (SSSR count). The largest absolute Gasteiger partial charge is 0.416 e. The summed E-state index contributed by atoms with van der Waals surface area (Å²) < 4.78 is 86.4. The highest BCUT2D eigenvalue weighted by Gasteiger charge is 2.39. The number of para-hydroxylation sites is 1. The highest BCUT2D eigenvalue weighted by atomic mass is 19.4. The lowest BCUT2D eigenvalue weighted by Gasteiger charge is -2.42.